The Morgan fingerprint density at radius 3 is 2.82 bits per heavy atom. The van der Waals surface area contributed by atoms with E-state index in [-0.39, 0.29) is 23.2 Å². The highest BCUT2D eigenvalue weighted by Gasteiger charge is 2.29. The molecule has 0 fully saturated rings. The van der Waals surface area contributed by atoms with E-state index in [9.17, 15) is 13.2 Å². The van der Waals surface area contributed by atoms with Gasteiger partial charge in [-0.2, -0.15) is 0 Å². The zero-order valence-corrected chi connectivity index (χ0v) is 9.91. The highest BCUT2D eigenvalue weighted by atomic mass is 32.2. The van der Waals surface area contributed by atoms with Gasteiger partial charge in [-0.3, -0.25) is 14.5 Å². The standard InChI is InChI=1S/C10H11N3O3S/c1-11-9(14)6-12-10-7-4-2-3-5-8(7)17(15,16)13-10/h2-5H,6H2,1H3,(H,11,14)(H,12,13). The van der Waals surface area contributed by atoms with Crippen LogP contribution in [0.25, 0.3) is 0 Å². The molecule has 1 heterocycles. The summed E-state index contributed by atoms with van der Waals surface area (Å²) in [6.07, 6.45) is 0. The van der Waals surface area contributed by atoms with Crippen molar-refractivity contribution < 1.29 is 13.2 Å². The molecule has 0 bridgehead atoms. The molecule has 0 spiro atoms. The Kier molecular flexibility index (Phi) is 2.84. The van der Waals surface area contributed by atoms with E-state index in [1.165, 1.54) is 13.1 Å². The van der Waals surface area contributed by atoms with Crippen LogP contribution in [0.1, 0.15) is 5.56 Å². The largest absolute Gasteiger partial charge is 0.358 e. The lowest BCUT2D eigenvalue weighted by Crippen LogP contribution is -2.26. The van der Waals surface area contributed by atoms with Crippen LogP contribution in [-0.2, 0) is 14.8 Å². The number of nitrogens with zero attached hydrogens (tertiary/aromatic N) is 1. The fraction of sp³-hybridized carbons (Fsp3) is 0.200. The van der Waals surface area contributed by atoms with E-state index >= 15 is 0 Å². The molecule has 6 nitrogen and oxygen atoms in total. The average Bonchev–Trinajstić information content (AvgIpc) is 2.59. The molecule has 0 unspecified atom stereocenters. The molecule has 1 amide bonds. The van der Waals surface area contributed by atoms with Crippen LogP contribution in [0.4, 0.5) is 0 Å². The monoisotopic (exact) mass is 253 g/mol. The second-order valence-electron chi connectivity index (χ2n) is 3.44. The number of hydrogen-bond acceptors (Lipinski definition) is 4. The van der Waals surface area contributed by atoms with Crippen molar-refractivity contribution in [3.8, 4) is 0 Å². The van der Waals surface area contributed by atoms with Crippen LogP contribution in [-0.4, -0.2) is 33.8 Å². The predicted molar refractivity (Wildman–Crippen MR) is 62.2 cm³/mol. The predicted octanol–water partition coefficient (Wildman–Crippen LogP) is -0.529. The minimum absolute atomic E-state index is 0.108. The van der Waals surface area contributed by atoms with Crippen LogP contribution in [0.5, 0.6) is 0 Å². The van der Waals surface area contributed by atoms with Gasteiger partial charge in [-0.25, -0.2) is 8.42 Å². The third-order valence-electron chi connectivity index (χ3n) is 2.32. The lowest BCUT2D eigenvalue weighted by Gasteiger charge is -1.98. The number of hydrogen-bond donors (Lipinski definition) is 2. The Morgan fingerprint density at radius 1 is 1.41 bits per heavy atom. The second-order valence-corrected chi connectivity index (χ2v) is 5.09. The number of fused-ring (bicyclic) bond motifs is 1. The second kappa shape index (κ2) is 4.17. The van der Waals surface area contributed by atoms with E-state index in [0.29, 0.717) is 5.56 Å². The van der Waals surface area contributed by atoms with E-state index in [1.54, 1.807) is 18.2 Å². The maximum Gasteiger partial charge on any atom is 0.263 e. The molecule has 0 saturated heterocycles. The quantitative estimate of drug-likeness (QED) is 0.742. The van der Waals surface area contributed by atoms with Gasteiger partial charge in [0.2, 0.25) is 5.91 Å². The Balaban J connectivity index is 2.39. The van der Waals surface area contributed by atoms with Crippen LogP contribution < -0.4 is 10.0 Å². The Labute approximate surface area is 98.8 Å². The number of carbonyl (C=O) groups is 1. The van der Waals surface area contributed by atoms with E-state index in [1.807, 2.05) is 0 Å². The highest BCUT2D eigenvalue weighted by Crippen LogP contribution is 2.21. The Morgan fingerprint density at radius 2 is 2.12 bits per heavy atom. The molecule has 2 N–H and O–H groups in total. The van der Waals surface area contributed by atoms with E-state index < -0.39 is 10.0 Å². The van der Waals surface area contributed by atoms with Gasteiger partial charge in [0.15, 0.2) is 0 Å². The molecule has 2 rings (SSSR count). The van der Waals surface area contributed by atoms with Gasteiger partial charge in [0.05, 0.1) is 4.90 Å². The van der Waals surface area contributed by atoms with Gasteiger partial charge in [-0.15, -0.1) is 0 Å². The van der Waals surface area contributed by atoms with Crippen LogP contribution >= 0.6 is 0 Å². The number of benzene rings is 1. The maximum absolute atomic E-state index is 11.7. The summed E-state index contributed by atoms with van der Waals surface area (Å²) in [6.45, 7) is -0.108. The molecule has 1 aliphatic heterocycles. The number of carbonyl (C=O) groups excluding carboxylic acids is 1. The molecule has 1 aromatic carbocycles. The smallest absolute Gasteiger partial charge is 0.263 e. The fourth-order valence-electron chi connectivity index (χ4n) is 1.48. The first-order valence-corrected chi connectivity index (χ1v) is 6.40. The van der Waals surface area contributed by atoms with Gasteiger partial charge in [0.25, 0.3) is 10.0 Å². The van der Waals surface area contributed by atoms with Crippen molar-refractivity contribution in [1.82, 2.24) is 10.0 Å². The van der Waals surface area contributed by atoms with E-state index in [0.717, 1.165) is 0 Å². The van der Waals surface area contributed by atoms with Crippen molar-refractivity contribution >= 4 is 21.8 Å². The Hall–Kier alpha value is -1.89. The lowest BCUT2D eigenvalue weighted by molar-refractivity contribution is -0.119. The van der Waals surface area contributed by atoms with Gasteiger partial charge in [0, 0.05) is 12.6 Å². The molecule has 7 heteroatoms. The summed E-state index contributed by atoms with van der Waals surface area (Å²) in [5.41, 5.74) is 0.497. The molecule has 17 heavy (non-hydrogen) atoms. The number of aliphatic imine (C=N–C) groups is 1. The SMILES string of the molecule is CNC(=O)CN=C1NS(=O)(=O)c2ccccc21. The molecular formula is C10H11N3O3S. The number of rotatable bonds is 2. The summed E-state index contributed by atoms with van der Waals surface area (Å²) in [4.78, 5) is 15.2. The first kappa shape index (κ1) is 11.6. The number of amides is 1. The minimum atomic E-state index is -3.52. The number of likely N-dealkylation sites (N-methyl/N-ethyl adjacent to an activating group) is 1. The maximum atomic E-state index is 11.7. The van der Waals surface area contributed by atoms with Crippen molar-refractivity contribution in [2.75, 3.05) is 13.6 Å². The minimum Gasteiger partial charge on any atom is -0.358 e. The summed E-state index contributed by atoms with van der Waals surface area (Å²) in [5.74, 6) is -0.0646. The molecule has 90 valence electrons. The van der Waals surface area contributed by atoms with Crippen LogP contribution in [0, 0.1) is 0 Å². The molecule has 1 aromatic rings. The summed E-state index contributed by atoms with van der Waals surface area (Å²) >= 11 is 0. The summed E-state index contributed by atoms with van der Waals surface area (Å²) in [6, 6.07) is 6.51. The summed E-state index contributed by atoms with van der Waals surface area (Å²) in [7, 11) is -2.03. The summed E-state index contributed by atoms with van der Waals surface area (Å²) < 4.78 is 25.7. The lowest BCUT2D eigenvalue weighted by atomic mass is 10.2. The zero-order chi connectivity index (χ0) is 12.5. The third kappa shape index (κ3) is 2.14. The first-order valence-electron chi connectivity index (χ1n) is 4.92. The molecule has 0 aliphatic carbocycles. The van der Waals surface area contributed by atoms with Gasteiger partial charge in [-0.05, 0) is 12.1 Å². The highest BCUT2D eigenvalue weighted by molar-refractivity contribution is 7.90. The normalized spacial score (nSPS) is 18.5. The first-order chi connectivity index (χ1) is 8.04. The molecule has 0 atom stereocenters. The molecule has 0 radical (unpaired) electrons. The summed E-state index contributed by atoms with van der Waals surface area (Å²) in [5, 5.41) is 2.41. The number of sulfonamides is 1. The van der Waals surface area contributed by atoms with Crippen molar-refractivity contribution in [3.63, 3.8) is 0 Å². The van der Waals surface area contributed by atoms with Crippen molar-refractivity contribution in [2.24, 2.45) is 4.99 Å². The third-order valence-corrected chi connectivity index (χ3v) is 3.72. The molecule has 0 saturated carbocycles. The Bertz CT molecular complexity index is 593. The molecular weight excluding hydrogens is 242 g/mol. The van der Waals surface area contributed by atoms with Crippen molar-refractivity contribution in [3.05, 3.63) is 29.8 Å². The fourth-order valence-corrected chi connectivity index (χ4v) is 2.73. The van der Waals surface area contributed by atoms with Gasteiger partial charge in [-0.1, -0.05) is 12.1 Å². The van der Waals surface area contributed by atoms with Gasteiger partial charge in [0.1, 0.15) is 12.4 Å². The van der Waals surface area contributed by atoms with Crippen LogP contribution in [0.3, 0.4) is 0 Å². The van der Waals surface area contributed by atoms with Gasteiger partial charge >= 0.3 is 0 Å². The van der Waals surface area contributed by atoms with Crippen LogP contribution in [0.2, 0.25) is 0 Å². The van der Waals surface area contributed by atoms with Gasteiger partial charge < -0.3 is 5.32 Å². The zero-order valence-electron chi connectivity index (χ0n) is 9.10. The van der Waals surface area contributed by atoms with Crippen molar-refractivity contribution in [2.45, 2.75) is 4.90 Å². The van der Waals surface area contributed by atoms with E-state index in [4.69, 9.17) is 0 Å². The number of nitrogens with one attached hydrogen (secondary N) is 2. The average molecular weight is 253 g/mol. The van der Waals surface area contributed by atoms with Crippen LogP contribution in [0.15, 0.2) is 34.2 Å². The molecule has 0 aromatic heterocycles. The molecule has 1 aliphatic rings. The van der Waals surface area contributed by atoms with E-state index in [2.05, 4.69) is 15.0 Å². The van der Waals surface area contributed by atoms with Crippen molar-refractivity contribution in [1.29, 1.82) is 0 Å². The topological polar surface area (TPSA) is 87.6 Å². The number of amidine groups is 1.